The Morgan fingerprint density at radius 2 is 1.57 bits per heavy atom. The standard InChI is InChI=1S/C18H22N4O/c1-14-10-12-16(13-11-14)19-18(23)20-17(21-22(2,3)4)15-8-6-5-7-9-15/h5-13H,1-4H3,(H-,19,20,21,23). The number of nitrogens with one attached hydrogen (secondary N) is 1. The van der Waals surface area contributed by atoms with Crippen LogP contribution >= 0.6 is 0 Å². The Hall–Kier alpha value is -2.66. The van der Waals surface area contributed by atoms with Crippen molar-refractivity contribution in [3.05, 3.63) is 65.7 Å². The van der Waals surface area contributed by atoms with E-state index in [-0.39, 0.29) is 0 Å². The predicted octanol–water partition coefficient (Wildman–Crippen LogP) is 2.19. The van der Waals surface area contributed by atoms with E-state index in [1.807, 2.05) is 82.7 Å². The van der Waals surface area contributed by atoms with Crippen LogP contribution in [-0.4, -0.2) is 37.6 Å². The molecule has 0 aliphatic rings. The molecule has 0 amide bonds. The van der Waals surface area contributed by atoms with Crippen molar-refractivity contribution in [3.8, 4) is 0 Å². The highest BCUT2D eigenvalue weighted by atomic mass is 16.3. The quantitative estimate of drug-likeness (QED) is 0.409. The number of benzene rings is 2. The van der Waals surface area contributed by atoms with E-state index in [1.165, 1.54) is 0 Å². The molecule has 0 fully saturated rings. The molecule has 23 heavy (non-hydrogen) atoms. The fourth-order valence-corrected chi connectivity index (χ4v) is 1.90. The van der Waals surface area contributed by atoms with Gasteiger partial charge in [-0.15, -0.1) is 0 Å². The lowest BCUT2D eigenvalue weighted by molar-refractivity contribution is -0.877. The van der Waals surface area contributed by atoms with Crippen LogP contribution in [0.4, 0.5) is 5.69 Å². The molecule has 0 bridgehead atoms. The van der Waals surface area contributed by atoms with Crippen LogP contribution < -0.4 is 10.4 Å². The second-order valence-corrected chi connectivity index (χ2v) is 6.14. The predicted molar refractivity (Wildman–Crippen MR) is 93.2 cm³/mol. The summed E-state index contributed by atoms with van der Waals surface area (Å²) in [5.41, 5.74) is 2.65. The number of hydrogen-bond donors (Lipinski definition) is 1. The van der Waals surface area contributed by atoms with E-state index in [4.69, 9.17) is 0 Å². The van der Waals surface area contributed by atoms with Gasteiger partial charge in [0.25, 0.3) is 0 Å². The molecule has 2 rings (SSSR count). The molecule has 0 aromatic heterocycles. The molecule has 120 valence electrons. The largest absolute Gasteiger partial charge is 0.846 e. The summed E-state index contributed by atoms with van der Waals surface area (Å²) in [6.07, 6.45) is 0. The maximum Gasteiger partial charge on any atom is 0.215 e. The van der Waals surface area contributed by atoms with Gasteiger partial charge in [0.1, 0.15) is 0 Å². The summed E-state index contributed by atoms with van der Waals surface area (Å²) in [5, 5.41) is 19.5. The lowest BCUT2D eigenvalue weighted by atomic mass is 10.2. The number of nitrogens with zero attached hydrogens (tertiary/aromatic N) is 3. The lowest BCUT2D eigenvalue weighted by Crippen LogP contribution is -2.32. The molecule has 0 atom stereocenters. The second kappa shape index (κ2) is 7.07. The van der Waals surface area contributed by atoms with Crippen molar-refractivity contribution >= 4 is 17.5 Å². The Morgan fingerprint density at radius 3 is 2.13 bits per heavy atom. The van der Waals surface area contributed by atoms with Crippen molar-refractivity contribution in [1.29, 1.82) is 0 Å². The van der Waals surface area contributed by atoms with Crippen LogP contribution in [0.3, 0.4) is 0 Å². The van der Waals surface area contributed by atoms with Gasteiger partial charge in [0.05, 0.1) is 27.2 Å². The number of anilines is 1. The van der Waals surface area contributed by atoms with E-state index < -0.39 is 6.02 Å². The third-order valence-corrected chi connectivity index (χ3v) is 2.94. The molecular formula is C18H22N4O. The molecule has 5 nitrogen and oxygen atoms in total. The molecule has 5 heteroatoms. The van der Waals surface area contributed by atoms with E-state index >= 15 is 0 Å². The van der Waals surface area contributed by atoms with Gasteiger partial charge in [-0.25, -0.2) is 9.58 Å². The second-order valence-electron chi connectivity index (χ2n) is 6.14. The number of aliphatic imine (C=N–C) groups is 1. The number of rotatable bonds is 3. The molecule has 0 saturated heterocycles. The van der Waals surface area contributed by atoms with Crippen LogP contribution in [0.1, 0.15) is 11.1 Å². The maximum atomic E-state index is 12.2. The van der Waals surface area contributed by atoms with E-state index in [0.717, 1.165) is 11.1 Å². The van der Waals surface area contributed by atoms with Crippen molar-refractivity contribution in [3.63, 3.8) is 0 Å². The molecule has 1 N–H and O–H groups in total. The highest BCUT2D eigenvalue weighted by Crippen LogP contribution is 2.09. The van der Waals surface area contributed by atoms with Crippen molar-refractivity contribution in [1.82, 2.24) is 0 Å². The third-order valence-electron chi connectivity index (χ3n) is 2.94. The summed E-state index contributed by atoms with van der Waals surface area (Å²) in [5.74, 6) is 0.405. The Labute approximate surface area is 137 Å². The van der Waals surface area contributed by atoms with Crippen molar-refractivity contribution in [2.24, 2.45) is 10.1 Å². The first-order chi connectivity index (χ1) is 10.8. The summed E-state index contributed by atoms with van der Waals surface area (Å²) in [4.78, 5) is 4.13. The normalized spacial score (nSPS) is 13.0. The summed E-state index contributed by atoms with van der Waals surface area (Å²) >= 11 is 0. The Kier molecular flexibility index (Phi) is 5.13. The molecular weight excluding hydrogens is 288 g/mol. The summed E-state index contributed by atoms with van der Waals surface area (Å²) in [7, 11) is 5.74. The fraction of sp³-hybridized carbons (Fsp3) is 0.222. The monoisotopic (exact) mass is 310 g/mol. The summed E-state index contributed by atoms with van der Waals surface area (Å²) in [6, 6.07) is 16.6. The zero-order valence-electron chi connectivity index (χ0n) is 13.9. The minimum atomic E-state index is -0.440. The smallest absolute Gasteiger partial charge is 0.215 e. The molecule has 0 heterocycles. The van der Waals surface area contributed by atoms with Crippen LogP contribution in [0, 0.1) is 6.92 Å². The number of aryl methyl sites for hydroxylation is 1. The highest BCUT2D eigenvalue weighted by Gasteiger charge is 2.10. The van der Waals surface area contributed by atoms with Gasteiger partial charge in [-0.3, -0.25) is 0 Å². The van der Waals surface area contributed by atoms with E-state index in [9.17, 15) is 5.11 Å². The molecule has 0 spiro atoms. The maximum absolute atomic E-state index is 12.2. The summed E-state index contributed by atoms with van der Waals surface area (Å²) in [6.45, 7) is 2.00. The third kappa shape index (κ3) is 5.56. The molecule has 0 saturated carbocycles. The number of amidine groups is 2. The van der Waals surface area contributed by atoms with Gasteiger partial charge >= 0.3 is 0 Å². The SMILES string of the molecule is Cc1ccc(NC([O-])=N/C(=N\[N+](C)(C)C)c2ccccc2)cc1. The lowest BCUT2D eigenvalue weighted by Gasteiger charge is -2.18. The van der Waals surface area contributed by atoms with Crippen LogP contribution in [0.15, 0.2) is 64.7 Å². The van der Waals surface area contributed by atoms with Crippen molar-refractivity contribution in [2.75, 3.05) is 26.5 Å². The minimum absolute atomic E-state index is 0.325. The van der Waals surface area contributed by atoms with E-state index in [2.05, 4.69) is 15.4 Å². The van der Waals surface area contributed by atoms with Gasteiger partial charge < -0.3 is 10.4 Å². The first-order valence-corrected chi connectivity index (χ1v) is 7.40. The highest BCUT2D eigenvalue weighted by molar-refractivity contribution is 6.06. The zero-order chi connectivity index (χ0) is 16.9. The number of hydrogen-bond acceptors (Lipinski definition) is 2. The Bertz CT molecular complexity index is 698. The average Bonchev–Trinajstić information content (AvgIpc) is 2.48. The first kappa shape index (κ1) is 16.7. The van der Waals surface area contributed by atoms with Gasteiger partial charge in [0, 0.05) is 11.3 Å². The van der Waals surface area contributed by atoms with E-state index in [0.29, 0.717) is 16.1 Å². The molecule has 2 aromatic carbocycles. The molecule has 0 aliphatic carbocycles. The summed E-state index contributed by atoms with van der Waals surface area (Å²) < 4.78 is 0.325. The van der Waals surface area contributed by atoms with Crippen LogP contribution in [0.5, 0.6) is 0 Å². The van der Waals surface area contributed by atoms with Crippen LogP contribution in [0.2, 0.25) is 0 Å². The molecule has 0 aliphatic heterocycles. The van der Waals surface area contributed by atoms with Gasteiger partial charge in [0.15, 0.2) is 0 Å². The average molecular weight is 310 g/mol. The van der Waals surface area contributed by atoms with Gasteiger partial charge in [-0.1, -0.05) is 53.1 Å². The first-order valence-electron chi connectivity index (χ1n) is 7.40. The Balaban J connectivity index is 2.29. The minimum Gasteiger partial charge on any atom is -0.846 e. The van der Waals surface area contributed by atoms with Gasteiger partial charge in [-0.05, 0) is 19.1 Å². The van der Waals surface area contributed by atoms with Gasteiger partial charge in [0.2, 0.25) is 5.84 Å². The van der Waals surface area contributed by atoms with Crippen molar-refractivity contribution in [2.45, 2.75) is 6.92 Å². The number of quaternary nitrogens is 1. The molecule has 0 radical (unpaired) electrons. The van der Waals surface area contributed by atoms with Crippen LogP contribution in [-0.2, 0) is 0 Å². The van der Waals surface area contributed by atoms with Gasteiger partial charge in [-0.2, -0.15) is 0 Å². The fourth-order valence-electron chi connectivity index (χ4n) is 1.90. The zero-order valence-corrected chi connectivity index (χ0v) is 13.9. The van der Waals surface area contributed by atoms with Crippen LogP contribution in [0.25, 0.3) is 0 Å². The Morgan fingerprint density at radius 1 is 0.957 bits per heavy atom. The topological polar surface area (TPSA) is 59.8 Å². The molecule has 0 unspecified atom stereocenters. The van der Waals surface area contributed by atoms with E-state index in [1.54, 1.807) is 0 Å². The molecule has 2 aromatic rings. The van der Waals surface area contributed by atoms with Crippen molar-refractivity contribution < 1.29 is 9.70 Å².